The monoisotopic (exact) mass is 542 g/mol. The molecule has 2 atom stereocenters. The Morgan fingerprint density at radius 2 is 0.946 bits per heavy atom. The van der Waals surface area contributed by atoms with Gasteiger partial charge in [0.05, 0.1) is 26.1 Å². The summed E-state index contributed by atoms with van der Waals surface area (Å²) in [5.41, 5.74) is -2.74. The number of rotatable bonds is 20. The van der Waals surface area contributed by atoms with E-state index in [9.17, 15) is 24.0 Å². The van der Waals surface area contributed by atoms with Gasteiger partial charge >= 0.3 is 29.8 Å². The minimum absolute atomic E-state index is 0.180. The molecule has 0 saturated carbocycles. The molecule has 0 radical (unpaired) electrons. The zero-order chi connectivity index (χ0) is 28.9. The average molecular weight is 543 g/mol. The molecule has 216 valence electrons. The molecule has 0 heterocycles. The minimum Gasteiger partial charge on any atom is -0.481 e. The summed E-state index contributed by atoms with van der Waals surface area (Å²) in [6, 6.07) is 0. The lowest BCUT2D eigenvalue weighted by Gasteiger charge is -2.18. The van der Waals surface area contributed by atoms with E-state index in [2.05, 4.69) is 0 Å². The topological polar surface area (TPSA) is 266 Å². The lowest BCUT2D eigenvalue weighted by Crippen LogP contribution is -2.42. The van der Waals surface area contributed by atoms with Crippen molar-refractivity contribution in [3.63, 3.8) is 0 Å². The Hall–Kier alpha value is -2.85. The highest BCUT2D eigenvalue weighted by Crippen LogP contribution is 2.15. The van der Waals surface area contributed by atoms with Gasteiger partial charge in [0, 0.05) is 12.8 Å². The fraction of sp³-hybridized carbons (Fsp3) is 0.773. The van der Waals surface area contributed by atoms with Gasteiger partial charge < -0.3 is 50.3 Å². The normalized spacial score (nSPS) is 12.5. The number of aliphatic hydroxyl groups is 5. The Bertz CT molecular complexity index is 646. The van der Waals surface area contributed by atoms with E-state index in [4.69, 9.17) is 50.3 Å². The van der Waals surface area contributed by atoms with Crippen LogP contribution in [0.15, 0.2) is 0 Å². The molecule has 0 aromatic heterocycles. The quantitative estimate of drug-likeness (QED) is 0.0652. The van der Waals surface area contributed by atoms with Crippen LogP contribution in [0.5, 0.6) is 0 Å². The second-order valence-corrected chi connectivity index (χ2v) is 8.14. The Morgan fingerprint density at radius 1 is 0.622 bits per heavy atom. The first-order valence-electron chi connectivity index (χ1n) is 11.6. The van der Waals surface area contributed by atoms with Gasteiger partial charge in [-0.25, -0.2) is 4.79 Å². The van der Waals surface area contributed by atoms with E-state index < -0.39 is 61.8 Å². The zero-order valence-electron chi connectivity index (χ0n) is 20.5. The van der Waals surface area contributed by atoms with Crippen LogP contribution >= 0.6 is 0 Å². The molecule has 0 aromatic carbocycles. The van der Waals surface area contributed by atoms with Crippen LogP contribution in [0.3, 0.4) is 0 Å². The number of ether oxygens (including phenoxy) is 2. The van der Waals surface area contributed by atoms with Gasteiger partial charge in [0.25, 0.3) is 0 Å². The molecule has 37 heavy (non-hydrogen) atoms. The SMILES string of the molecule is O=C(CCCCCCCCC(=O)OCC(O)CO)OCC(O)CO.O=C(O)CC(O)(CC(=O)O)C(=O)O. The predicted octanol–water partition coefficient (Wildman–Crippen LogP) is -1.35. The van der Waals surface area contributed by atoms with Gasteiger partial charge in [-0.3, -0.25) is 19.2 Å². The van der Waals surface area contributed by atoms with Gasteiger partial charge in [0.15, 0.2) is 5.60 Å². The van der Waals surface area contributed by atoms with E-state index in [-0.39, 0.29) is 38.0 Å². The summed E-state index contributed by atoms with van der Waals surface area (Å²) in [7, 11) is 0. The lowest BCUT2D eigenvalue weighted by atomic mass is 9.96. The van der Waals surface area contributed by atoms with Gasteiger partial charge in [0.2, 0.25) is 0 Å². The molecular weight excluding hydrogens is 504 g/mol. The molecule has 0 bridgehead atoms. The highest BCUT2D eigenvalue weighted by molar-refractivity contribution is 5.88. The van der Waals surface area contributed by atoms with Crippen LogP contribution < -0.4 is 0 Å². The third kappa shape index (κ3) is 22.1. The number of carboxylic acids is 3. The lowest BCUT2D eigenvalue weighted by molar-refractivity contribution is -0.170. The number of hydrogen-bond acceptors (Lipinski definition) is 12. The van der Waals surface area contributed by atoms with Crippen LogP contribution in [0, 0.1) is 0 Å². The Labute approximate surface area is 213 Å². The minimum atomic E-state index is -2.74. The maximum Gasteiger partial charge on any atom is 0.336 e. The van der Waals surface area contributed by atoms with E-state index >= 15 is 0 Å². The fourth-order valence-electron chi connectivity index (χ4n) is 2.59. The van der Waals surface area contributed by atoms with Crippen molar-refractivity contribution in [1.82, 2.24) is 0 Å². The third-order valence-electron chi connectivity index (χ3n) is 4.59. The van der Waals surface area contributed by atoms with Gasteiger partial charge in [-0.1, -0.05) is 25.7 Å². The first-order valence-corrected chi connectivity index (χ1v) is 11.6. The van der Waals surface area contributed by atoms with Crippen molar-refractivity contribution in [1.29, 1.82) is 0 Å². The number of esters is 2. The molecule has 2 unspecified atom stereocenters. The van der Waals surface area contributed by atoms with Crippen molar-refractivity contribution in [3.8, 4) is 0 Å². The summed E-state index contributed by atoms with van der Waals surface area (Å²) in [6.45, 7) is -1.22. The van der Waals surface area contributed by atoms with Crippen molar-refractivity contribution in [2.45, 2.75) is 82.0 Å². The van der Waals surface area contributed by atoms with Crippen LogP contribution in [0.2, 0.25) is 0 Å². The third-order valence-corrected chi connectivity index (χ3v) is 4.59. The standard InChI is InChI=1S/C16H30O8.C6H8O7/c17-9-13(19)11-23-15(21)7-5-3-1-2-4-6-8-16(22)24-12-14(20)10-18;7-3(8)1-6(13,5(11)12)2-4(9)10/h13-14,17-20H,1-12H2;13H,1-2H2,(H,7,8)(H,9,10)(H,11,12). The van der Waals surface area contributed by atoms with E-state index in [1.165, 1.54) is 0 Å². The summed E-state index contributed by atoms with van der Waals surface area (Å²) in [5.74, 6) is -5.78. The zero-order valence-corrected chi connectivity index (χ0v) is 20.5. The molecule has 0 saturated heterocycles. The van der Waals surface area contributed by atoms with Gasteiger partial charge in [-0.2, -0.15) is 0 Å². The Morgan fingerprint density at radius 3 is 1.22 bits per heavy atom. The molecule has 0 amide bonds. The molecule has 0 fully saturated rings. The van der Waals surface area contributed by atoms with Crippen molar-refractivity contribution in [2.75, 3.05) is 26.4 Å². The van der Waals surface area contributed by atoms with Crippen molar-refractivity contribution < 1.29 is 74.3 Å². The highest BCUT2D eigenvalue weighted by atomic mass is 16.5. The van der Waals surface area contributed by atoms with Gasteiger partial charge in [-0.15, -0.1) is 0 Å². The molecular formula is C22H38O15. The molecule has 0 aliphatic heterocycles. The van der Waals surface area contributed by atoms with Crippen LogP contribution in [0.1, 0.15) is 64.2 Å². The fourth-order valence-corrected chi connectivity index (χ4v) is 2.59. The van der Waals surface area contributed by atoms with E-state index in [1.807, 2.05) is 0 Å². The molecule has 0 aromatic rings. The highest BCUT2D eigenvalue weighted by Gasteiger charge is 2.40. The number of carbonyl (C=O) groups excluding carboxylic acids is 2. The first-order chi connectivity index (χ1) is 17.3. The van der Waals surface area contributed by atoms with E-state index in [0.29, 0.717) is 12.8 Å². The number of aliphatic hydroxyl groups excluding tert-OH is 4. The second-order valence-electron chi connectivity index (χ2n) is 8.14. The van der Waals surface area contributed by atoms with Crippen molar-refractivity contribution >= 4 is 29.8 Å². The Kier molecular flexibility index (Phi) is 20.9. The largest absolute Gasteiger partial charge is 0.481 e. The molecule has 0 aliphatic rings. The smallest absolute Gasteiger partial charge is 0.336 e. The van der Waals surface area contributed by atoms with Crippen LogP contribution in [0.25, 0.3) is 0 Å². The summed E-state index contributed by atoms with van der Waals surface area (Å²) in [6.07, 6.45) is 1.31. The summed E-state index contributed by atoms with van der Waals surface area (Å²) < 4.78 is 9.56. The number of carboxylic acid groups (broad SMARTS) is 3. The van der Waals surface area contributed by atoms with Crippen molar-refractivity contribution in [3.05, 3.63) is 0 Å². The molecule has 0 rings (SSSR count). The maximum atomic E-state index is 11.3. The van der Waals surface area contributed by atoms with Crippen LogP contribution in [-0.4, -0.2) is 115 Å². The van der Waals surface area contributed by atoms with Gasteiger partial charge in [-0.05, 0) is 12.8 Å². The number of unbranched alkanes of at least 4 members (excludes halogenated alkanes) is 5. The predicted molar refractivity (Wildman–Crippen MR) is 122 cm³/mol. The van der Waals surface area contributed by atoms with Crippen LogP contribution in [0.4, 0.5) is 0 Å². The van der Waals surface area contributed by atoms with E-state index in [0.717, 1.165) is 25.7 Å². The van der Waals surface area contributed by atoms with Crippen LogP contribution in [-0.2, 0) is 33.4 Å². The average Bonchev–Trinajstić information content (AvgIpc) is 2.81. The molecule has 15 heteroatoms. The number of aliphatic carboxylic acids is 3. The van der Waals surface area contributed by atoms with Crippen molar-refractivity contribution in [2.24, 2.45) is 0 Å². The number of carbonyl (C=O) groups is 5. The Balaban J connectivity index is 0. The van der Waals surface area contributed by atoms with Gasteiger partial charge in [0.1, 0.15) is 25.4 Å². The van der Waals surface area contributed by atoms with E-state index in [1.54, 1.807) is 0 Å². The summed E-state index contributed by atoms with van der Waals surface area (Å²) in [5, 5.41) is 69.0. The number of hydrogen-bond donors (Lipinski definition) is 8. The summed E-state index contributed by atoms with van der Waals surface area (Å²) >= 11 is 0. The summed E-state index contributed by atoms with van der Waals surface area (Å²) in [4.78, 5) is 53.1. The molecule has 0 spiro atoms. The second kappa shape index (κ2) is 21.3. The maximum absolute atomic E-state index is 11.3. The first kappa shape index (κ1) is 36.3. The molecule has 0 aliphatic carbocycles. The molecule has 15 nitrogen and oxygen atoms in total. The molecule has 8 N–H and O–H groups in total.